The quantitative estimate of drug-likeness (QED) is 0.170. The smallest absolute Gasteiger partial charge is 0.261 e. The minimum Gasteiger partial charge on any atom is -0.493 e. The van der Waals surface area contributed by atoms with Gasteiger partial charge in [-0.1, -0.05) is 65.3 Å². The van der Waals surface area contributed by atoms with E-state index < -0.39 is 11.7 Å². The normalized spacial score (nSPS) is 10.7. The highest BCUT2D eigenvalue weighted by molar-refractivity contribution is 6.33. The molecule has 5 aromatic rings. The molecule has 11 heteroatoms. The van der Waals surface area contributed by atoms with Crippen molar-refractivity contribution in [3.63, 3.8) is 0 Å². The molecule has 1 aromatic heterocycles. The van der Waals surface area contributed by atoms with Gasteiger partial charge in [-0.15, -0.1) is 0 Å². The molecule has 224 valence electrons. The van der Waals surface area contributed by atoms with Crippen molar-refractivity contribution in [3.8, 4) is 39.8 Å². The number of hydrogen-bond acceptors (Lipinski definition) is 7. The molecule has 0 saturated carbocycles. The summed E-state index contributed by atoms with van der Waals surface area (Å²) in [5, 5.41) is 9.77. The lowest BCUT2D eigenvalue weighted by atomic mass is 10.0. The van der Waals surface area contributed by atoms with E-state index in [1.165, 1.54) is 39.5 Å². The van der Waals surface area contributed by atoms with Crippen molar-refractivity contribution in [1.29, 1.82) is 0 Å². The molecular formula is C33H27ClFN3O6. The fraction of sp³-hybridized carbons (Fsp3) is 0.121. The van der Waals surface area contributed by atoms with Crippen molar-refractivity contribution in [1.82, 2.24) is 5.16 Å². The summed E-state index contributed by atoms with van der Waals surface area (Å²) in [6.07, 6.45) is -0.00101. The maximum absolute atomic E-state index is 14.9. The average Bonchev–Trinajstić information content (AvgIpc) is 3.46. The number of rotatable bonds is 10. The van der Waals surface area contributed by atoms with Gasteiger partial charge in [-0.2, -0.15) is 0 Å². The molecule has 0 radical (unpaired) electrons. The van der Waals surface area contributed by atoms with Crippen LogP contribution in [0.5, 0.6) is 17.2 Å². The highest BCUT2D eigenvalue weighted by Crippen LogP contribution is 2.40. The molecule has 0 aliphatic carbocycles. The third-order valence-corrected chi connectivity index (χ3v) is 6.97. The summed E-state index contributed by atoms with van der Waals surface area (Å²) < 4.78 is 36.5. The number of nitrogens with one attached hydrogen (secondary N) is 2. The van der Waals surface area contributed by atoms with Crippen LogP contribution in [0.3, 0.4) is 0 Å². The second-order valence-corrected chi connectivity index (χ2v) is 9.90. The molecule has 2 amide bonds. The van der Waals surface area contributed by atoms with E-state index in [2.05, 4.69) is 15.8 Å². The van der Waals surface area contributed by atoms with E-state index in [1.54, 1.807) is 60.7 Å². The number of aromatic nitrogens is 1. The number of benzene rings is 4. The van der Waals surface area contributed by atoms with Gasteiger partial charge in [-0.05, 0) is 29.8 Å². The van der Waals surface area contributed by atoms with E-state index in [0.29, 0.717) is 39.8 Å². The first-order valence-electron chi connectivity index (χ1n) is 13.3. The molecule has 5 rings (SSSR count). The molecule has 0 unspecified atom stereocenters. The molecule has 0 bridgehead atoms. The number of carbonyl (C=O) groups is 2. The van der Waals surface area contributed by atoms with Crippen LogP contribution in [-0.4, -0.2) is 38.3 Å². The van der Waals surface area contributed by atoms with Crippen LogP contribution in [0.25, 0.3) is 22.6 Å². The Labute approximate surface area is 257 Å². The van der Waals surface area contributed by atoms with E-state index >= 15 is 0 Å². The van der Waals surface area contributed by atoms with Crippen molar-refractivity contribution >= 4 is 34.8 Å². The molecule has 0 saturated heterocycles. The third-order valence-electron chi connectivity index (χ3n) is 6.65. The lowest BCUT2D eigenvalue weighted by Gasteiger charge is -2.14. The topological polar surface area (TPSA) is 112 Å². The summed E-state index contributed by atoms with van der Waals surface area (Å²) >= 11 is 6.32. The number of halogens is 2. The van der Waals surface area contributed by atoms with Crippen LogP contribution in [0.15, 0.2) is 89.5 Å². The van der Waals surface area contributed by atoms with Gasteiger partial charge in [0.2, 0.25) is 11.7 Å². The van der Waals surface area contributed by atoms with Gasteiger partial charge in [0, 0.05) is 29.1 Å². The Kier molecular flexibility index (Phi) is 9.11. The van der Waals surface area contributed by atoms with E-state index in [-0.39, 0.29) is 39.9 Å². The van der Waals surface area contributed by atoms with Crippen LogP contribution in [0, 0.1) is 5.82 Å². The Balaban J connectivity index is 1.40. The number of carbonyl (C=O) groups excluding carboxylic acids is 2. The Morgan fingerprint density at radius 3 is 2.20 bits per heavy atom. The Morgan fingerprint density at radius 2 is 1.55 bits per heavy atom. The number of hydrogen-bond donors (Lipinski definition) is 2. The van der Waals surface area contributed by atoms with E-state index in [1.807, 2.05) is 6.07 Å². The predicted molar refractivity (Wildman–Crippen MR) is 165 cm³/mol. The zero-order valence-corrected chi connectivity index (χ0v) is 24.7. The SMILES string of the molecule is COc1cc(NC(=O)Cc2cccc(NC(=O)c3c(-c4c(F)cccc4Cl)noc3-c3ccccc3)c2)cc(OC)c1OC. The molecule has 9 nitrogen and oxygen atoms in total. The predicted octanol–water partition coefficient (Wildman–Crippen LogP) is 7.26. The van der Waals surface area contributed by atoms with Gasteiger partial charge < -0.3 is 29.4 Å². The third kappa shape index (κ3) is 6.35. The summed E-state index contributed by atoms with van der Waals surface area (Å²) in [6, 6.07) is 23.1. The molecule has 44 heavy (non-hydrogen) atoms. The molecule has 0 spiro atoms. The molecule has 2 N–H and O–H groups in total. The van der Waals surface area contributed by atoms with Crippen molar-refractivity contribution in [2.24, 2.45) is 0 Å². The molecule has 0 aliphatic heterocycles. The van der Waals surface area contributed by atoms with E-state index in [4.69, 9.17) is 30.3 Å². The van der Waals surface area contributed by atoms with Crippen LogP contribution in [0.1, 0.15) is 15.9 Å². The van der Waals surface area contributed by atoms with Crippen LogP contribution >= 0.6 is 11.6 Å². The van der Waals surface area contributed by atoms with E-state index in [9.17, 15) is 14.0 Å². The van der Waals surface area contributed by atoms with Gasteiger partial charge >= 0.3 is 0 Å². The van der Waals surface area contributed by atoms with Gasteiger partial charge in [-0.25, -0.2) is 4.39 Å². The summed E-state index contributed by atoms with van der Waals surface area (Å²) in [7, 11) is 4.46. The number of amides is 2. The first-order chi connectivity index (χ1) is 21.3. The summed E-state index contributed by atoms with van der Waals surface area (Å²) in [5.74, 6) is -0.223. The Morgan fingerprint density at radius 1 is 0.841 bits per heavy atom. The van der Waals surface area contributed by atoms with Gasteiger partial charge in [0.1, 0.15) is 17.1 Å². The zero-order valence-electron chi connectivity index (χ0n) is 23.9. The minimum atomic E-state index is -0.653. The molecule has 1 heterocycles. The molecular weight excluding hydrogens is 589 g/mol. The maximum Gasteiger partial charge on any atom is 0.261 e. The average molecular weight is 616 g/mol. The fourth-order valence-corrected chi connectivity index (χ4v) is 4.93. The zero-order chi connectivity index (χ0) is 31.2. The fourth-order valence-electron chi connectivity index (χ4n) is 4.68. The van der Waals surface area contributed by atoms with Crippen LogP contribution in [0.2, 0.25) is 5.02 Å². The summed E-state index contributed by atoms with van der Waals surface area (Å²) in [6.45, 7) is 0. The van der Waals surface area contributed by atoms with Gasteiger partial charge in [0.15, 0.2) is 17.3 Å². The van der Waals surface area contributed by atoms with Gasteiger partial charge in [0.25, 0.3) is 5.91 Å². The first kappa shape index (κ1) is 30.1. The Bertz CT molecular complexity index is 1780. The molecule has 0 fully saturated rings. The molecule has 0 aliphatic rings. The first-order valence-corrected chi connectivity index (χ1v) is 13.7. The number of anilines is 2. The molecule has 4 aromatic carbocycles. The number of methoxy groups -OCH3 is 3. The monoisotopic (exact) mass is 615 g/mol. The van der Waals surface area contributed by atoms with Gasteiger partial charge in [-0.3, -0.25) is 9.59 Å². The van der Waals surface area contributed by atoms with Gasteiger partial charge in [0.05, 0.1) is 38.3 Å². The second kappa shape index (κ2) is 13.3. The maximum atomic E-state index is 14.9. The van der Waals surface area contributed by atoms with Crippen molar-refractivity contribution in [3.05, 3.63) is 107 Å². The van der Waals surface area contributed by atoms with E-state index in [0.717, 1.165) is 0 Å². The standard InChI is InChI=1S/C33H27ClFN3O6/c1-41-25-17-22(18-26(42-2)32(25)43-3)36-27(39)16-19-9-7-12-21(15-19)37-33(40)29-30(28-23(34)13-8-14-24(28)35)38-44-31(29)20-10-5-4-6-11-20/h4-15,17-18H,16H2,1-3H3,(H,36,39)(H,37,40). The second-order valence-electron chi connectivity index (χ2n) is 9.49. The minimum absolute atomic E-state index is 0.00101. The van der Waals surface area contributed by atoms with Crippen molar-refractivity contribution in [2.75, 3.05) is 32.0 Å². The van der Waals surface area contributed by atoms with Crippen molar-refractivity contribution < 1.29 is 32.7 Å². The highest BCUT2D eigenvalue weighted by atomic mass is 35.5. The number of nitrogens with zero attached hydrogens (tertiary/aromatic N) is 1. The van der Waals surface area contributed by atoms with Crippen LogP contribution in [0.4, 0.5) is 15.8 Å². The number of ether oxygens (including phenoxy) is 3. The lowest BCUT2D eigenvalue weighted by molar-refractivity contribution is -0.115. The van der Waals surface area contributed by atoms with Crippen molar-refractivity contribution in [2.45, 2.75) is 6.42 Å². The highest BCUT2D eigenvalue weighted by Gasteiger charge is 2.28. The van der Waals surface area contributed by atoms with Crippen LogP contribution in [-0.2, 0) is 11.2 Å². The molecule has 0 atom stereocenters. The summed E-state index contributed by atoms with van der Waals surface area (Å²) in [5.41, 5.74) is 1.97. The lowest BCUT2D eigenvalue weighted by Crippen LogP contribution is -2.16. The van der Waals surface area contributed by atoms with Crippen LogP contribution < -0.4 is 24.8 Å². The largest absolute Gasteiger partial charge is 0.493 e. The summed E-state index contributed by atoms with van der Waals surface area (Å²) in [4.78, 5) is 26.7. The Hall–Kier alpha value is -5.35.